The van der Waals surface area contributed by atoms with Crippen molar-refractivity contribution < 1.29 is 4.79 Å². The number of rotatable bonds is 5. The van der Waals surface area contributed by atoms with Gasteiger partial charge >= 0.3 is 0 Å². The fourth-order valence-electron chi connectivity index (χ4n) is 1.70. The fraction of sp³-hybridized carbons (Fsp3) is 0.333. The number of carbonyl (C=O) groups is 1. The summed E-state index contributed by atoms with van der Waals surface area (Å²) in [4.78, 5) is 11.8. The number of hydrogen-bond donors (Lipinski definition) is 3. The standard InChI is InChI=1S/C12H16N6O/c1-2-4-10(13)12(19)14-9-6-3-5-8(7-9)11-15-17-18-16-11/h3,5-7,10H,2,4,13H2,1H3,(H,14,19)(H,15,16,17,18)/t10-/m0/s1. The van der Waals surface area contributed by atoms with Crippen molar-refractivity contribution in [1.29, 1.82) is 0 Å². The molecular formula is C12H16N6O. The van der Waals surface area contributed by atoms with E-state index in [0.29, 0.717) is 17.9 Å². The second-order valence-electron chi connectivity index (χ2n) is 4.20. The number of tetrazole rings is 1. The van der Waals surface area contributed by atoms with Gasteiger partial charge in [0.2, 0.25) is 11.7 Å². The molecule has 0 unspecified atom stereocenters. The molecule has 1 heterocycles. The van der Waals surface area contributed by atoms with Crippen molar-refractivity contribution in [2.45, 2.75) is 25.8 Å². The quantitative estimate of drug-likeness (QED) is 0.741. The summed E-state index contributed by atoms with van der Waals surface area (Å²) >= 11 is 0. The minimum Gasteiger partial charge on any atom is -0.325 e. The molecule has 7 nitrogen and oxygen atoms in total. The molecule has 0 aliphatic carbocycles. The molecule has 0 aliphatic heterocycles. The number of carbonyl (C=O) groups excluding carboxylic acids is 1. The molecule has 2 rings (SSSR count). The smallest absolute Gasteiger partial charge is 0.241 e. The molecule has 0 aliphatic rings. The fourth-order valence-corrected chi connectivity index (χ4v) is 1.70. The minimum atomic E-state index is -0.487. The monoisotopic (exact) mass is 260 g/mol. The number of nitrogens with one attached hydrogen (secondary N) is 2. The number of H-pyrrole nitrogens is 1. The Morgan fingerprint density at radius 1 is 1.53 bits per heavy atom. The van der Waals surface area contributed by atoms with E-state index in [1.165, 1.54) is 0 Å². The average Bonchev–Trinajstić information content (AvgIpc) is 2.93. The van der Waals surface area contributed by atoms with Crippen LogP contribution in [0.3, 0.4) is 0 Å². The molecule has 100 valence electrons. The molecular weight excluding hydrogens is 244 g/mol. The van der Waals surface area contributed by atoms with E-state index in [4.69, 9.17) is 5.73 Å². The molecule has 0 spiro atoms. The highest BCUT2D eigenvalue weighted by atomic mass is 16.2. The maximum Gasteiger partial charge on any atom is 0.241 e. The van der Waals surface area contributed by atoms with Crippen LogP contribution in [0.4, 0.5) is 5.69 Å². The summed E-state index contributed by atoms with van der Waals surface area (Å²) < 4.78 is 0. The lowest BCUT2D eigenvalue weighted by Crippen LogP contribution is -2.35. The molecule has 0 saturated carbocycles. The van der Waals surface area contributed by atoms with Crippen molar-refractivity contribution in [2.24, 2.45) is 5.73 Å². The van der Waals surface area contributed by atoms with Crippen LogP contribution >= 0.6 is 0 Å². The van der Waals surface area contributed by atoms with Crippen LogP contribution < -0.4 is 11.1 Å². The first-order chi connectivity index (χ1) is 9.20. The van der Waals surface area contributed by atoms with Gasteiger partial charge in [-0.15, -0.1) is 10.2 Å². The van der Waals surface area contributed by atoms with Crippen LogP contribution in [0, 0.1) is 0 Å². The highest BCUT2D eigenvalue weighted by Crippen LogP contribution is 2.18. The zero-order chi connectivity index (χ0) is 13.7. The van der Waals surface area contributed by atoms with Gasteiger partial charge in [-0.25, -0.2) is 0 Å². The van der Waals surface area contributed by atoms with Gasteiger partial charge in [0.1, 0.15) is 0 Å². The van der Waals surface area contributed by atoms with E-state index >= 15 is 0 Å². The first-order valence-electron chi connectivity index (χ1n) is 6.11. The Labute approximate surface area is 110 Å². The van der Waals surface area contributed by atoms with Crippen molar-refractivity contribution in [3.63, 3.8) is 0 Å². The molecule has 1 atom stereocenters. The van der Waals surface area contributed by atoms with Gasteiger partial charge < -0.3 is 11.1 Å². The van der Waals surface area contributed by atoms with E-state index in [1.807, 2.05) is 19.1 Å². The Morgan fingerprint density at radius 3 is 3.05 bits per heavy atom. The number of amides is 1. The molecule has 2 aromatic rings. The van der Waals surface area contributed by atoms with Crippen molar-refractivity contribution >= 4 is 11.6 Å². The molecule has 7 heteroatoms. The lowest BCUT2D eigenvalue weighted by atomic mass is 10.1. The predicted octanol–water partition coefficient (Wildman–Crippen LogP) is 0.933. The number of anilines is 1. The summed E-state index contributed by atoms with van der Waals surface area (Å²) in [5, 5.41) is 16.4. The first-order valence-corrected chi connectivity index (χ1v) is 6.11. The summed E-state index contributed by atoms with van der Waals surface area (Å²) in [5.74, 6) is 0.293. The Kier molecular flexibility index (Phi) is 4.19. The zero-order valence-corrected chi connectivity index (χ0v) is 10.6. The summed E-state index contributed by atoms with van der Waals surface area (Å²) in [5.41, 5.74) is 7.20. The second-order valence-corrected chi connectivity index (χ2v) is 4.20. The second kappa shape index (κ2) is 6.05. The average molecular weight is 260 g/mol. The van der Waals surface area contributed by atoms with Gasteiger partial charge in [0.25, 0.3) is 0 Å². The number of benzene rings is 1. The molecule has 0 saturated heterocycles. The topological polar surface area (TPSA) is 110 Å². The van der Waals surface area contributed by atoms with Gasteiger partial charge in [0, 0.05) is 11.3 Å². The molecule has 1 aromatic heterocycles. The van der Waals surface area contributed by atoms with Gasteiger partial charge in [-0.2, -0.15) is 5.21 Å². The third-order valence-corrected chi connectivity index (χ3v) is 2.67. The Bertz CT molecular complexity index is 539. The third-order valence-electron chi connectivity index (χ3n) is 2.67. The van der Waals surface area contributed by atoms with Gasteiger partial charge in [-0.05, 0) is 23.8 Å². The van der Waals surface area contributed by atoms with Crippen LogP contribution in [0.2, 0.25) is 0 Å². The highest BCUT2D eigenvalue weighted by molar-refractivity contribution is 5.95. The largest absolute Gasteiger partial charge is 0.325 e. The van der Waals surface area contributed by atoms with Crippen LogP contribution in [-0.2, 0) is 4.79 Å². The van der Waals surface area contributed by atoms with Crippen molar-refractivity contribution in [3.05, 3.63) is 24.3 Å². The van der Waals surface area contributed by atoms with E-state index in [-0.39, 0.29) is 5.91 Å². The maximum atomic E-state index is 11.8. The SMILES string of the molecule is CCC[C@H](N)C(=O)Nc1cccc(-c2nn[nH]n2)c1. The summed E-state index contributed by atoms with van der Waals surface area (Å²) in [6.07, 6.45) is 1.54. The number of nitrogens with two attached hydrogens (primary N) is 1. The van der Waals surface area contributed by atoms with Crippen molar-refractivity contribution in [3.8, 4) is 11.4 Å². The lowest BCUT2D eigenvalue weighted by Gasteiger charge is -2.11. The van der Waals surface area contributed by atoms with E-state index in [9.17, 15) is 4.79 Å². The molecule has 4 N–H and O–H groups in total. The van der Waals surface area contributed by atoms with Crippen LogP contribution in [0.5, 0.6) is 0 Å². The molecule has 19 heavy (non-hydrogen) atoms. The van der Waals surface area contributed by atoms with Gasteiger partial charge in [0.15, 0.2) is 0 Å². The lowest BCUT2D eigenvalue weighted by molar-refractivity contribution is -0.117. The van der Waals surface area contributed by atoms with Crippen molar-refractivity contribution in [1.82, 2.24) is 20.6 Å². The molecule has 1 aromatic carbocycles. The molecule has 1 amide bonds. The molecule has 0 bridgehead atoms. The Morgan fingerprint density at radius 2 is 2.37 bits per heavy atom. The zero-order valence-electron chi connectivity index (χ0n) is 10.6. The normalized spacial score (nSPS) is 12.1. The van der Waals surface area contributed by atoms with E-state index in [0.717, 1.165) is 12.0 Å². The first kappa shape index (κ1) is 13.2. The van der Waals surface area contributed by atoms with E-state index in [1.54, 1.807) is 12.1 Å². The van der Waals surface area contributed by atoms with Gasteiger partial charge in [-0.1, -0.05) is 25.5 Å². The third kappa shape index (κ3) is 3.35. The highest BCUT2D eigenvalue weighted by Gasteiger charge is 2.12. The number of aromatic nitrogens is 4. The van der Waals surface area contributed by atoms with Gasteiger partial charge in [-0.3, -0.25) is 4.79 Å². The van der Waals surface area contributed by atoms with Crippen molar-refractivity contribution in [2.75, 3.05) is 5.32 Å². The minimum absolute atomic E-state index is 0.188. The molecule has 0 radical (unpaired) electrons. The maximum absolute atomic E-state index is 11.8. The van der Waals surface area contributed by atoms with E-state index in [2.05, 4.69) is 25.9 Å². The molecule has 0 fully saturated rings. The number of aromatic amines is 1. The predicted molar refractivity (Wildman–Crippen MR) is 71.1 cm³/mol. The van der Waals surface area contributed by atoms with Crippen LogP contribution in [0.15, 0.2) is 24.3 Å². The Balaban J connectivity index is 2.09. The summed E-state index contributed by atoms with van der Waals surface area (Å²) in [6.45, 7) is 1.99. The van der Waals surface area contributed by atoms with Crippen LogP contribution in [0.1, 0.15) is 19.8 Å². The Hall–Kier alpha value is -2.28. The summed E-state index contributed by atoms with van der Waals surface area (Å²) in [7, 11) is 0. The number of hydrogen-bond acceptors (Lipinski definition) is 5. The van der Waals surface area contributed by atoms with Crippen LogP contribution in [-0.4, -0.2) is 32.6 Å². The van der Waals surface area contributed by atoms with Gasteiger partial charge in [0.05, 0.1) is 6.04 Å². The summed E-state index contributed by atoms with van der Waals surface area (Å²) in [6, 6.07) is 6.74. The van der Waals surface area contributed by atoms with E-state index < -0.39 is 6.04 Å². The number of nitrogens with zero attached hydrogens (tertiary/aromatic N) is 3. The van der Waals surface area contributed by atoms with Crippen LogP contribution in [0.25, 0.3) is 11.4 Å².